The zero-order chi connectivity index (χ0) is 50.4. The summed E-state index contributed by atoms with van der Waals surface area (Å²) in [6, 6.07) is 70.1. The highest BCUT2D eigenvalue weighted by molar-refractivity contribution is 5.19. The lowest BCUT2D eigenvalue weighted by Gasteiger charge is -2.46. The van der Waals surface area contributed by atoms with Crippen molar-refractivity contribution in [1.29, 1.82) is 0 Å². The van der Waals surface area contributed by atoms with Crippen molar-refractivity contribution in [2.75, 3.05) is 19.8 Å². The molecule has 2 fully saturated rings. The average Bonchev–Trinajstić information content (AvgIpc) is 3.45. The maximum atomic E-state index is 12.4. The monoisotopic (exact) mass is 1000 g/mol. The zero-order valence-electron chi connectivity index (χ0n) is 41.8. The van der Waals surface area contributed by atoms with Gasteiger partial charge in [-0.2, -0.15) is 0 Å². The molecule has 1 N–H and O–H groups in total. The fourth-order valence-corrected chi connectivity index (χ4v) is 9.35. The molecule has 0 bridgehead atoms. The molecule has 2 saturated heterocycles. The van der Waals surface area contributed by atoms with E-state index in [1.165, 1.54) is 0 Å². The molecule has 0 amide bonds. The first-order chi connectivity index (χ1) is 36.6. The molecule has 10 atom stereocenters. The van der Waals surface area contributed by atoms with Gasteiger partial charge >= 0.3 is 0 Å². The molecule has 0 aliphatic carbocycles. The minimum atomic E-state index is -1.09. The van der Waals surface area contributed by atoms with Crippen LogP contribution in [0, 0.1) is 0 Å². The molecule has 74 heavy (non-hydrogen) atoms. The first kappa shape index (κ1) is 52.9. The van der Waals surface area contributed by atoms with Gasteiger partial charge in [0, 0.05) is 0 Å². The Bertz CT molecular complexity index is 2580. The predicted octanol–water partition coefficient (Wildman–Crippen LogP) is 10.6. The molecule has 7 aromatic carbocycles. The molecular weight excluding hydrogens is 933 g/mol. The Morgan fingerprint density at radius 3 is 0.973 bits per heavy atom. The van der Waals surface area contributed by atoms with E-state index in [9.17, 15) is 5.11 Å². The lowest BCUT2D eigenvalue weighted by atomic mass is 9.93. The van der Waals surface area contributed by atoms with E-state index >= 15 is 0 Å². The van der Waals surface area contributed by atoms with Crippen molar-refractivity contribution in [2.24, 2.45) is 0 Å². The number of benzene rings is 7. The van der Waals surface area contributed by atoms with Crippen molar-refractivity contribution in [1.82, 2.24) is 0 Å². The second-order valence-electron chi connectivity index (χ2n) is 18.7. The fourth-order valence-electron chi connectivity index (χ4n) is 9.35. The van der Waals surface area contributed by atoms with Crippen LogP contribution in [0.4, 0.5) is 0 Å². The average molecular weight is 1000 g/mol. The van der Waals surface area contributed by atoms with Crippen molar-refractivity contribution in [3.63, 3.8) is 0 Å². The number of aliphatic hydroxyl groups is 1. The highest BCUT2D eigenvalue weighted by Crippen LogP contribution is 2.34. The van der Waals surface area contributed by atoms with Crippen LogP contribution in [-0.2, 0) is 93.6 Å². The van der Waals surface area contributed by atoms with Crippen molar-refractivity contribution >= 4 is 0 Å². The van der Waals surface area contributed by atoms with Gasteiger partial charge in [-0.05, 0) is 45.4 Å². The molecule has 0 radical (unpaired) electrons. The normalized spacial score (nSPS) is 23.9. The third-order valence-electron chi connectivity index (χ3n) is 13.2. The topological polar surface area (TPSA) is 113 Å². The predicted molar refractivity (Wildman–Crippen MR) is 281 cm³/mol. The van der Waals surface area contributed by atoms with E-state index in [0.717, 1.165) is 38.9 Å². The first-order valence-corrected chi connectivity index (χ1v) is 25.7. The Hall–Kier alpha value is -5.90. The zero-order valence-corrected chi connectivity index (χ0v) is 41.8. The van der Waals surface area contributed by atoms with Gasteiger partial charge in [0.1, 0.15) is 48.8 Å². The van der Waals surface area contributed by atoms with Crippen LogP contribution < -0.4 is 0 Å². The maximum Gasteiger partial charge on any atom is 0.186 e. The van der Waals surface area contributed by atoms with Gasteiger partial charge in [0.05, 0.1) is 72.2 Å². The van der Waals surface area contributed by atoms with E-state index in [-0.39, 0.29) is 39.5 Å². The minimum Gasteiger partial charge on any atom is -0.388 e. The van der Waals surface area contributed by atoms with E-state index in [4.69, 9.17) is 47.4 Å². The van der Waals surface area contributed by atoms with E-state index in [1.807, 2.05) is 212 Å². The summed E-state index contributed by atoms with van der Waals surface area (Å²) in [4.78, 5) is 0. The summed E-state index contributed by atoms with van der Waals surface area (Å²) in [5, 5.41) is 12.4. The molecule has 2 aliphatic heterocycles. The lowest BCUT2D eigenvalue weighted by molar-refractivity contribution is -0.330. The van der Waals surface area contributed by atoms with E-state index in [1.54, 1.807) is 0 Å². The van der Waals surface area contributed by atoms with Crippen molar-refractivity contribution in [3.05, 3.63) is 251 Å². The Morgan fingerprint density at radius 1 is 0.297 bits per heavy atom. The molecule has 0 aromatic heterocycles. The Labute approximate surface area is 435 Å². The Balaban J connectivity index is 0.983. The molecule has 11 nitrogen and oxygen atoms in total. The van der Waals surface area contributed by atoms with Gasteiger partial charge in [-0.3, -0.25) is 0 Å². The van der Waals surface area contributed by atoms with Crippen molar-refractivity contribution in [3.8, 4) is 0 Å². The van der Waals surface area contributed by atoms with Crippen LogP contribution >= 0.6 is 0 Å². The third kappa shape index (κ3) is 15.8. The molecule has 386 valence electrons. The van der Waals surface area contributed by atoms with E-state index < -0.39 is 61.2 Å². The van der Waals surface area contributed by atoms with Gasteiger partial charge in [-0.15, -0.1) is 0 Å². The van der Waals surface area contributed by atoms with Gasteiger partial charge in [-0.1, -0.05) is 212 Å². The van der Waals surface area contributed by atoms with E-state index in [0.29, 0.717) is 33.0 Å². The molecule has 2 heterocycles. The molecular formula is C63H68O11. The Kier molecular flexibility index (Phi) is 20.5. The largest absolute Gasteiger partial charge is 0.388 e. The molecule has 9 rings (SSSR count). The first-order valence-electron chi connectivity index (χ1n) is 25.7. The smallest absolute Gasteiger partial charge is 0.186 e. The van der Waals surface area contributed by atoms with Crippen LogP contribution in [0.15, 0.2) is 212 Å². The SMILES string of the molecule is O[C@@H]1[C@@H](OCc2ccccc2)[C@H](OCc2ccccc2)[C@@H](COCc2ccccc2)O[C@H]1CCO[C@H]1O[C@H](COCc2ccccc2)[C@@H](OCc2ccccc2)[C@H](OCc2ccccc2)[C@@H]1OCc1ccccc1. The van der Waals surface area contributed by atoms with Crippen LogP contribution in [0.25, 0.3) is 0 Å². The third-order valence-corrected chi connectivity index (χ3v) is 13.2. The van der Waals surface area contributed by atoms with Gasteiger partial charge in [0.15, 0.2) is 6.29 Å². The summed E-state index contributed by atoms with van der Waals surface area (Å²) in [6.07, 6.45) is -7.26. The van der Waals surface area contributed by atoms with Crippen molar-refractivity contribution < 1.29 is 52.5 Å². The van der Waals surface area contributed by atoms with Crippen LogP contribution in [0.3, 0.4) is 0 Å². The second kappa shape index (κ2) is 28.7. The summed E-state index contributed by atoms with van der Waals surface area (Å²) in [5.74, 6) is 0. The van der Waals surface area contributed by atoms with E-state index in [2.05, 4.69) is 0 Å². The molecule has 2 aliphatic rings. The number of aliphatic hydroxyl groups excluding tert-OH is 1. The highest BCUT2D eigenvalue weighted by atomic mass is 16.7. The molecule has 0 saturated carbocycles. The quantitative estimate of drug-likeness (QED) is 0.0531. The molecule has 0 spiro atoms. The number of ether oxygens (including phenoxy) is 10. The minimum absolute atomic E-state index is 0.120. The highest BCUT2D eigenvalue weighted by Gasteiger charge is 2.50. The summed E-state index contributed by atoms with van der Waals surface area (Å²) >= 11 is 0. The van der Waals surface area contributed by atoms with Crippen molar-refractivity contribution in [2.45, 2.75) is 114 Å². The molecule has 11 heteroatoms. The summed E-state index contributed by atoms with van der Waals surface area (Å²) in [7, 11) is 0. The standard InChI is InChI=1S/C63H68O11/c64-57-54(73-55(45-65-38-47-22-8-1-9-23-47)58(68-40-49-26-12-3-13-27-49)60(57)70-42-51-30-16-5-17-31-51)36-37-67-63-62(72-44-53-34-20-7-21-35-53)61(71-43-52-32-18-6-19-33-52)59(69-41-50-28-14-4-15-29-50)56(74-63)46-66-39-48-24-10-2-11-25-48/h1-35,54-64H,36-46H2/t54-,55+,56+,57-,58+,59+,60+,61-,62-,63-/m0/s1. The van der Waals surface area contributed by atoms with Gasteiger partial charge in [-0.25, -0.2) is 0 Å². The van der Waals surface area contributed by atoms with Gasteiger partial charge in [0.2, 0.25) is 0 Å². The number of hydrogen-bond donors (Lipinski definition) is 1. The van der Waals surface area contributed by atoms with Crippen LogP contribution in [0.1, 0.15) is 45.4 Å². The van der Waals surface area contributed by atoms with Crippen LogP contribution in [-0.4, -0.2) is 86.2 Å². The van der Waals surface area contributed by atoms with Gasteiger partial charge < -0.3 is 52.5 Å². The molecule has 0 unspecified atom stereocenters. The maximum absolute atomic E-state index is 12.4. The summed E-state index contributed by atoms with van der Waals surface area (Å²) < 4.78 is 67.6. The lowest BCUT2D eigenvalue weighted by Crippen LogP contribution is -2.62. The Morgan fingerprint density at radius 2 is 0.595 bits per heavy atom. The number of hydrogen-bond acceptors (Lipinski definition) is 11. The van der Waals surface area contributed by atoms with Crippen LogP contribution in [0.5, 0.6) is 0 Å². The van der Waals surface area contributed by atoms with Gasteiger partial charge in [0.25, 0.3) is 0 Å². The fraction of sp³-hybridized carbons (Fsp3) is 0.333. The second-order valence-corrected chi connectivity index (χ2v) is 18.7. The number of rotatable bonds is 27. The summed E-state index contributed by atoms with van der Waals surface area (Å²) in [6.45, 7) is 2.66. The van der Waals surface area contributed by atoms with Crippen LogP contribution in [0.2, 0.25) is 0 Å². The molecule has 7 aromatic rings. The summed E-state index contributed by atoms with van der Waals surface area (Å²) in [5.41, 5.74) is 7.01.